The second-order valence-corrected chi connectivity index (χ2v) is 10.5. The van der Waals surface area contributed by atoms with Crippen molar-refractivity contribution < 1.29 is 28.8 Å². The van der Waals surface area contributed by atoms with E-state index in [-0.39, 0.29) is 36.7 Å². The van der Waals surface area contributed by atoms with Crippen molar-refractivity contribution >= 4 is 5.97 Å². The number of phenolic OH excluding ortho intramolecular Hbond substituents is 1. The zero-order chi connectivity index (χ0) is 26.8. The van der Waals surface area contributed by atoms with Crippen LogP contribution < -0.4 is 24.7 Å². The summed E-state index contributed by atoms with van der Waals surface area (Å²) in [6, 6.07) is 1.89. The Morgan fingerprint density at radius 2 is 1.89 bits per heavy atom. The molecular weight excluding hydrogens is 474 g/mol. The number of carbonyl (C=O) groups excluding carboxylic acids is 1. The smallest absolute Gasteiger partial charge is 0.308 e. The first-order valence-electron chi connectivity index (χ1n) is 12.8. The van der Waals surface area contributed by atoms with E-state index in [0.29, 0.717) is 36.0 Å². The predicted molar refractivity (Wildman–Crippen MR) is 139 cm³/mol. The van der Waals surface area contributed by atoms with Crippen LogP contribution in [0.5, 0.6) is 28.7 Å². The van der Waals surface area contributed by atoms with Gasteiger partial charge in [0, 0.05) is 53.8 Å². The molecule has 5 rings (SSSR count). The van der Waals surface area contributed by atoms with Gasteiger partial charge in [-0.1, -0.05) is 6.07 Å². The summed E-state index contributed by atoms with van der Waals surface area (Å²) in [4.78, 5) is 16.8. The van der Waals surface area contributed by atoms with Crippen LogP contribution in [0.3, 0.4) is 0 Å². The number of likely N-dealkylation sites (N-methyl/N-ethyl adjacent to an activating group) is 1. The molecule has 2 aromatic carbocycles. The van der Waals surface area contributed by atoms with Crippen LogP contribution >= 0.6 is 0 Å². The Kier molecular flexibility index (Phi) is 6.50. The zero-order valence-corrected chi connectivity index (χ0v) is 22.7. The van der Waals surface area contributed by atoms with Gasteiger partial charge in [-0.25, -0.2) is 0 Å². The number of esters is 1. The largest absolute Gasteiger partial charge is 0.504 e. The summed E-state index contributed by atoms with van der Waals surface area (Å²) < 4.78 is 23.3. The van der Waals surface area contributed by atoms with Crippen molar-refractivity contribution in [2.45, 2.75) is 64.7 Å². The van der Waals surface area contributed by atoms with Gasteiger partial charge in [0.2, 0.25) is 6.79 Å². The molecule has 3 heterocycles. The number of phenols is 1. The van der Waals surface area contributed by atoms with Gasteiger partial charge in [-0.15, -0.1) is 0 Å². The van der Waals surface area contributed by atoms with Gasteiger partial charge in [-0.05, 0) is 58.8 Å². The molecule has 200 valence electrons. The van der Waals surface area contributed by atoms with E-state index in [4.69, 9.17) is 24.7 Å². The summed E-state index contributed by atoms with van der Waals surface area (Å²) in [5.41, 5.74) is 11.8. The minimum absolute atomic E-state index is 0.0799. The fraction of sp³-hybridized carbons (Fsp3) is 0.536. The Balaban J connectivity index is 1.83. The highest BCUT2D eigenvalue weighted by atomic mass is 16.7. The molecule has 0 bridgehead atoms. The van der Waals surface area contributed by atoms with Crippen LogP contribution in [0.15, 0.2) is 6.07 Å². The lowest BCUT2D eigenvalue weighted by Crippen LogP contribution is -2.53. The van der Waals surface area contributed by atoms with Crippen molar-refractivity contribution in [3.05, 3.63) is 39.4 Å². The first-order valence-corrected chi connectivity index (χ1v) is 12.8. The molecule has 3 aliphatic rings. The maximum atomic E-state index is 12.2. The van der Waals surface area contributed by atoms with Gasteiger partial charge in [0.05, 0.1) is 13.2 Å². The Labute approximate surface area is 218 Å². The van der Waals surface area contributed by atoms with Gasteiger partial charge in [0.25, 0.3) is 0 Å². The van der Waals surface area contributed by atoms with Gasteiger partial charge < -0.3 is 34.7 Å². The van der Waals surface area contributed by atoms with Crippen molar-refractivity contribution in [2.24, 2.45) is 5.73 Å². The molecule has 3 N–H and O–H groups in total. The van der Waals surface area contributed by atoms with Gasteiger partial charge in [-0.2, -0.15) is 0 Å². The third-order valence-corrected chi connectivity index (χ3v) is 8.28. The second kappa shape index (κ2) is 9.38. The van der Waals surface area contributed by atoms with Gasteiger partial charge in [0.1, 0.15) is 5.75 Å². The fourth-order valence-corrected chi connectivity index (χ4v) is 6.78. The van der Waals surface area contributed by atoms with Crippen LogP contribution in [-0.2, 0) is 17.6 Å². The monoisotopic (exact) mass is 511 g/mol. The molecular formula is C28H37N3O6. The number of aryl methyl sites for hydroxylation is 1. The first-order chi connectivity index (χ1) is 17.6. The normalized spacial score (nSPS) is 24.2. The number of carbonyl (C=O) groups is 1. The number of fused-ring (bicyclic) bond motifs is 6. The van der Waals surface area contributed by atoms with E-state index >= 15 is 0 Å². The van der Waals surface area contributed by atoms with Crippen LogP contribution in [0.4, 0.5) is 0 Å². The Hall–Kier alpha value is -3.01. The Bertz CT molecular complexity index is 1260. The van der Waals surface area contributed by atoms with Crippen molar-refractivity contribution in [2.75, 3.05) is 34.5 Å². The summed E-state index contributed by atoms with van der Waals surface area (Å²) in [7, 11) is 5.75. The highest BCUT2D eigenvalue weighted by Crippen LogP contribution is 2.57. The highest BCUT2D eigenvalue weighted by molar-refractivity contribution is 5.74. The molecule has 0 aromatic heterocycles. The second-order valence-electron chi connectivity index (χ2n) is 10.5. The van der Waals surface area contributed by atoms with E-state index in [1.54, 1.807) is 7.11 Å². The number of hydrogen-bond acceptors (Lipinski definition) is 9. The maximum absolute atomic E-state index is 12.2. The third-order valence-electron chi connectivity index (χ3n) is 8.28. The Morgan fingerprint density at radius 3 is 2.51 bits per heavy atom. The van der Waals surface area contributed by atoms with Gasteiger partial charge in [0.15, 0.2) is 23.0 Å². The van der Waals surface area contributed by atoms with E-state index < -0.39 is 5.97 Å². The third kappa shape index (κ3) is 3.83. The van der Waals surface area contributed by atoms with Crippen LogP contribution in [0, 0.1) is 13.8 Å². The number of rotatable bonds is 4. The summed E-state index contributed by atoms with van der Waals surface area (Å²) in [6.45, 7) is 7.87. The number of ether oxygens (including phenoxy) is 4. The van der Waals surface area contributed by atoms with Crippen molar-refractivity contribution in [1.82, 2.24) is 9.80 Å². The summed E-state index contributed by atoms with van der Waals surface area (Å²) in [5, 5.41) is 11.6. The molecule has 3 aliphatic heterocycles. The Morgan fingerprint density at radius 1 is 1.19 bits per heavy atom. The van der Waals surface area contributed by atoms with E-state index in [1.165, 1.54) is 6.92 Å². The van der Waals surface area contributed by atoms with Crippen LogP contribution in [-0.4, -0.2) is 67.5 Å². The number of hydrogen-bond donors (Lipinski definition) is 2. The first kappa shape index (κ1) is 25.6. The molecule has 0 fully saturated rings. The highest BCUT2D eigenvalue weighted by Gasteiger charge is 2.48. The number of nitrogens with zero attached hydrogens (tertiary/aromatic N) is 2. The molecule has 2 aromatic rings. The summed E-state index contributed by atoms with van der Waals surface area (Å²) >= 11 is 0. The van der Waals surface area contributed by atoms with Crippen molar-refractivity contribution in [3.8, 4) is 28.7 Å². The average molecular weight is 512 g/mol. The zero-order valence-electron chi connectivity index (χ0n) is 22.7. The molecule has 0 saturated heterocycles. The minimum Gasteiger partial charge on any atom is -0.504 e. The van der Waals surface area contributed by atoms with Crippen molar-refractivity contribution in [1.29, 1.82) is 0 Å². The van der Waals surface area contributed by atoms with E-state index in [0.717, 1.165) is 39.8 Å². The number of nitrogens with two attached hydrogens (primary N) is 1. The lowest BCUT2D eigenvalue weighted by molar-refractivity contribution is -0.132. The maximum Gasteiger partial charge on any atom is 0.308 e. The van der Waals surface area contributed by atoms with Crippen LogP contribution in [0.1, 0.15) is 59.3 Å². The van der Waals surface area contributed by atoms with Crippen LogP contribution in [0.2, 0.25) is 0 Å². The molecule has 0 spiro atoms. The molecule has 0 radical (unpaired) electrons. The quantitative estimate of drug-likeness (QED) is 0.473. The molecule has 37 heavy (non-hydrogen) atoms. The van der Waals surface area contributed by atoms with Crippen LogP contribution in [0.25, 0.3) is 0 Å². The minimum atomic E-state index is -0.404. The topological polar surface area (TPSA) is 107 Å². The SMILES string of the molecule is COc1c(C)cc2c(c1O)[C@@H]1Cc3c(OC(C)=O)c(C)c4c(c3[C@H](CN)N1[C@@H](C)[C@@H](N(C)C)C2)OCO4. The van der Waals surface area contributed by atoms with E-state index in [2.05, 4.69) is 36.9 Å². The lowest BCUT2D eigenvalue weighted by atomic mass is 9.81. The number of benzene rings is 2. The van der Waals surface area contributed by atoms with Crippen molar-refractivity contribution in [3.63, 3.8) is 0 Å². The van der Waals surface area contributed by atoms with Gasteiger partial charge in [-0.3, -0.25) is 9.69 Å². The predicted octanol–water partition coefficient (Wildman–Crippen LogP) is 3.15. The summed E-state index contributed by atoms with van der Waals surface area (Å²) in [6.07, 6.45) is 1.26. The number of aromatic hydroxyl groups is 1. The molecule has 0 unspecified atom stereocenters. The molecule has 4 atom stereocenters. The average Bonchev–Trinajstić information content (AvgIpc) is 3.29. The molecule has 0 aliphatic carbocycles. The van der Waals surface area contributed by atoms with E-state index in [1.807, 2.05) is 13.8 Å². The lowest BCUT2D eigenvalue weighted by Gasteiger charge is -2.48. The molecule has 0 saturated carbocycles. The van der Waals surface area contributed by atoms with Gasteiger partial charge >= 0.3 is 5.97 Å². The summed E-state index contributed by atoms with van der Waals surface area (Å²) in [5.74, 6) is 1.99. The van der Waals surface area contributed by atoms with E-state index in [9.17, 15) is 9.90 Å². The number of methoxy groups -OCH3 is 1. The fourth-order valence-electron chi connectivity index (χ4n) is 6.78. The standard InChI is InChI=1S/C28H37N3O6/c1-13-8-17-9-19(30(5)6)15(3)31-20(22(17)24(33)25(13)34-7)10-18-23(21(31)11-29)28-27(35-12-36-28)14(2)26(18)37-16(4)32/h8,15,19-21,33H,9-12,29H2,1-7H3/t15-,19-,20-,21-/m0/s1. The molecule has 9 heteroatoms. The molecule has 9 nitrogen and oxygen atoms in total. The molecule has 0 amide bonds.